The number of hydrogen-bond donors (Lipinski definition) is 2. The number of pyridine rings is 1. The van der Waals surface area contributed by atoms with Gasteiger partial charge in [0.1, 0.15) is 0 Å². The van der Waals surface area contributed by atoms with Gasteiger partial charge in [0.15, 0.2) is 0 Å². The number of nitrogens with two attached hydrogens (primary N) is 1. The van der Waals surface area contributed by atoms with E-state index in [1.807, 2.05) is 31.2 Å². The summed E-state index contributed by atoms with van der Waals surface area (Å²) in [5.74, 6) is -0.405. The number of nitrogens with one attached hydrogen (secondary N) is 1. The number of primary amides is 1. The molecule has 0 unspecified atom stereocenters. The predicted molar refractivity (Wildman–Crippen MR) is 71.3 cm³/mol. The summed E-state index contributed by atoms with van der Waals surface area (Å²) in [7, 11) is 0. The minimum atomic E-state index is -0.405. The number of benzene rings is 1. The van der Waals surface area contributed by atoms with E-state index < -0.39 is 5.91 Å². The van der Waals surface area contributed by atoms with E-state index in [2.05, 4.69) is 10.3 Å². The summed E-state index contributed by atoms with van der Waals surface area (Å²) in [6, 6.07) is 9.36. The minimum Gasteiger partial charge on any atom is -0.381 e. The number of carbonyl (C=O) groups excluding carboxylic acids is 1. The summed E-state index contributed by atoms with van der Waals surface area (Å²) in [5, 5.41) is 3.28. The van der Waals surface area contributed by atoms with Gasteiger partial charge in [0, 0.05) is 30.2 Å². The molecule has 0 fully saturated rings. The predicted octanol–water partition coefficient (Wildman–Crippen LogP) is 2.10. The Morgan fingerprint density at radius 2 is 2.17 bits per heavy atom. The zero-order chi connectivity index (χ0) is 13.0. The average Bonchev–Trinajstić information content (AvgIpc) is 2.38. The van der Waals surface area contributed by atoms with Crippen molar-refractivity contribution >= 4 is 11.6 Å². The molecule has 1 heterocycles. The fraction of sp³-hybridized carbons (Fsp3) is 0.143. The molecule has 1 amide bonds. The van der Waals surface area contributed by atoms with Gasteiger partial charge < -0.3 is 11.1 Å². The molecule has 0 aliphatic rings. The van der Waals surface area contributed by atoms with Crippen LogP contribution in [0.5, 0.6) is 0 Å². The normalized spacial score (nSPS) is 10.1. The Hall–Kier alpha value is -2.36. The molecular weight excluding hydrogens is 226 g/mol. The molecule has 2 rings (SSSR count). The van der Waals surface area contributed by atoms with E-state index in [9.17, 15) is 4.79 Å². The molecule has 0 aliphatic carbocycles. The average molecular weight is 241 g/mol. The lowest BCUT2D eigenvalue weighted by molar-refractivity contribution is 0.1000. The van der Waals surface area contributed by atoms with Crippen LogP contribution < -0.4 is 11.1 Å². The van der Waals surface area contributed by atoms with Gasteiger partial charge in [-0.25, -0.2) is 0 Å². The molecule has 92 valence electrons. The third kappa shape index (κ3) is 2.66. The van der Waals surface area contributed by atoms with E-state index >= 15 is 0 Å². The lowest BCUT2D eigenvalue weighted by Crippen LogP contribution is -2.13. The number of carbonyl (C=O) groups is 1. The van der Waals surface area contributed by atoms with Crippen molar-refractivity contribution in [3.05, 3.63) is 59.4 Å². The van der Waals surface area contributed by atoms with E-state index in [1.165, 1.54) is 0 Å². The Bertz CT molecular complexity index is 552. The van der Waals surface area contributed by atoms with Crippen LogP contribution in [-0.4, -0.2) is 10.9 Å². The zero-order valence-electron chi connectivity index (χ0n) is 10.2. The molecule has 4 nitrogen and oxygen atoms in total. The molecule has 2 aromatic rings. The number of rotatable bonds is 4. The van der Waals surface area contributed by atoms with Gasteiger partial charge in [0.2, 0.25) is 5.91 Å². The van der Waals surface area contributed by atoms with Gasteiger partial charge in [0.25, 0.3) is 0 Å². The largest absolute Gasteiger partial charge is 0.381 e. The molecule has 18 heavy (non-hydrogen) atoms. The molecule has 0 saturated carbocycles. The van der Waals surface area contributed by atoms with E-state index in [-0.39, 0.29) is 0 Å². The van der Waals surface area contributed by atoms with Gasteiger partial charge in [0.05, 0.1) is 0 Å². The molecule has 1 aromatic carbocycles. The van der Waals surface area contributed by atoms with Crippen LogP contribution in [0.25, 0.3) is 0 Å². The Morgan fingerprint density at radius 1 is 1.33 bits per heavy atom. The van der Waals surface area contributed by atoms with Gasteiger partial charge in [-0.3, -0.25) is 9.78 Å². The monoisotopic (exact) mass is 241 g/mol. The second-order valence-electron chi connectivity index (χ2n) is 4.06. The highest BCUT2D eigenvalue weighted by molar-refractivity contribution is 5.95. The number of amides is 1. The first kappa shape index (κ1) is 12.1. The summed E-state index contributed by atoms with van der Waals surface area (Å²) in [6.45, 7) is 2.54. The van der Waals surface area contributed by atoms with Gasteiger partial charge in [-0.05, 0) is 36.2 Å². The molecule has 0 radical (unpaired) electrons. The van der Waals surface area contributed by atoms with Crippen LogP contribution in [0.15, 0.2) is 42.7 Å². The molecule has 0 saturated heterocycles. The maximum Gasteiger partial charge on any atom is 0.249 e. The number of nitrogens with zero attached hydrogens (tertiary/aromatic N) is 1. The Morgan fingerprint density at radius 3 is 2.83 bits per heavy atom. The summed E-state index contributed by atoms with van der Waals surface area (Å²) in [6.07, 6.45) is 3.54. The summed E-state index contributed by atoms with van der Waals surface area (Å²) in [5.41, 5.74) is 8.73. The second kappa shape index (κ2) is 5.31. The lowest BCUT2D eigenvalue weighted by atomic mass is 10.1. The van der Waals surface area contributed by atoms with E-state index in [1.54, 1.807) is 18.5 Å². The van der Waals surface area contributed by atoms with Gasteiger partial charge in [-0.1, -0.05) is 12.1 Å². The fourth-order valence-corrected chi connectivity index (χ4v) is 1.79. The van der Waals surface area contributed by atoms with Gasteiger partial charge in [-0.15, -0.1) is 0 Å². The van der Waals surface area contributed by atoms with Crippen molar-refractivity contribution in [3.8, 4) is 0 Å². The fourth-order valence-electron chi connectivity index (χ4n) is 1.79. The second-order valence-corrected chi connectivity index (χ2v) is 4.06. The summed E-state index contributed by atoms with van der Waals surface area (Å²) in [4.78, 5) is 15.3. The van der Waals surface area contributed by atoms with Crippen molar-refractivity contribution < 1.29 is 4.79 Å². The highest BCUT2D eigenvalue weighted by Crippen LogP contribution is 2.19. The van der Waals surface area contributed by atoms with Crippen molar-refractivity contribution in [1.29, 1.82) is 0 Å². The van der Waals surface area contributed by atoms with Crippen LogP contribution in [0.4, 0.5) is 5.69 Å². The Balaban J connectivity index is 2.15. The van der Waals surface area contributed by atoms with Crippen LogP contribution in [0, 0.1) is 6.92 Å². The van der Waals surface area contributed by atoms with Crippen LogP contribution in [0.3, 0.4) is 0 Å². The third-order valence-electron chi connectivity index (χ3n) is 2.81. The molecule has 0 spiro atoms. The molecule has 0 atom stereocenters. The molecule has 0 aliphatic heterocycles. The summed E-state index contributed by atoms with van der Waals surface area (Å²) < 4.78 is 0. The van der Waals surface area contributed by atoms with Crippen molar-refractivity contribution in [2.24, 2.45) is 5.73 Å². The molecule has 4 heteroatoms. The van der Waals surface area contributed by atoms with Crippen LogP contribution >= 0.6 is 0 Å². The first-order valence-corrected chi connectivity index (χ1v) is 5.70. The van der Waals surface area contributed by atoms with Crippen molar-refractivity contribution in [2.45, 2.75) is 13.5 Å². The molecule has 3 N–H and O–H groups in total. The quantitative estimate of drug-likeness (QED) is 0.861. The van der Waals surface area contributed by atoms with Crippen molar-refractivity contribution in [1.82, 2.24) is 4.98 Å². The molecule has 0 bridgehead atoms. The topological polar surface area (TPSA) is 68.0 Å². The van der Waals surface area contributed by atoms with Crippen molar-refractivity contribution in [3.63, 3.8) is 0 Å². The van der Waals surface area contributed by atoms with E-state index in [0.29, 0.717) is 12.1 Å². The SMILES string of the molecule is Cc1c(NCc2cccnc2)cccc1C(N)=O. The van der Waals surface area contributed by atoms with Crippen molar-refractivity contribution in [2.75, 3.05) is 5.32 Å². The van der Waals surface area contributed by atoms with Crippen LogP contribution in [0.2, 0.25) is 0 Å². The zero-order valence-corrected chi connectivity index (χ0v) is 10.2. The number of anilines is 1. The number of hydrogen-bond acceptors (Lipinski definition) is 3. The minimum absolute atomic E-state index is 0.405. The van der Waals surface area contributed by atoms with Gasteiger partial charge >= 0.3 is 0 Å². The lowest BCUT2D eigenvalue weighted by Gasteiger charge is -2.11. The first-order chi connectivity index (χ1) is 8.68. The standard InChI is InChI=1S/C14H15N3O/c1-10-12(14(15)18)5-2-6-13(10)17-9-11-4-3-7-16-8-11/h2-8,17H,9H2,1H3,(H2,15,18). The number of aromatic nitrogens is 1. The van der Waals surface area contributed by atoms with Gasteiger partial charge in [-0.2, -0.15) is 0 Å². The van der Waals surface area contributed by atoms with E-state index in [0.717, 1.165) is 16.8 Å². The van der Waals surface area contributed by atoms with Crippen LogP contribution in [0.1, 0.15) is 21.5 Å². The van der Waals surface area contributed by atoms with Crippen LogP contribution in [-0.2, 0) is 6.54 Å². The first-order valence-electron chi connectivity index (χ1n) is 5.70. The maximum absolute atomic E-state index is 11.2. The molecular formula is C14H15N3O. The molecule has 1 aromatic heterocycles. The summed E-state index contributed by atoms with van der Waals surface area (Å²) >= 11 is 0. The van der Waals surface area contributed by atoms with E-state index in [4.69, 9.17) is 5.73 Å². The smallest absolute Gasteiger partial charge is 0.249 e. The Labute approximate surface area is 106 Å². The maximum atomic E-state index is 11.2. The Kier molecular flexibility index (Phi) is 3.57. The highest BCUT2D eigenvalue weighted by Gasteiger charge is 2.07. The highest BCUT2D eigenvalue weighted by atomic mass is 16.1. The third-order valence-corrected chi connectivity index (χ3v) is 2.81.